The monoisotopic (exact) mass is 260 g/mol. The minimum Gasteiger partial charge on any atom is -0.493 e. The third kappa shape index (κ3) is 3.10. The van der Waals surface area contributed by atoms with Gasteiger partial charge in [0, 0.05) is 17.4 Å². The summed E-state index contributed by atoms with van der Waals surface area (Å²) in [5, 5.41) is 19.7. The van der Waals surface area contributed by atoms with Gasteiger partial charge < -0.3 is 14.9 Å². The van der Waals surface area contributed by atoms with Gasteiger partial charge in [-0.15, -0.1) is 0 Å². The molecule has 0 saturated heterocycles. The molecule has 1 unspecified atom stereocenters. The Bertz CT molecular complexity index is 565. The molecular weight excluding hydrogens is 244 g/mol. The van der Waals surface area contributed by atoms with E-state index >= 15 is 0 Å². The van der Waals surface area contributed by atoms with Gasteiger partial charge in [0.15, 0.2) is 6.29 Å². The molecule has 2 aromatic rings. The van der Waals surface area contributed by atoms with Crippen LogP contribution in [0.1, 0.15) is 16.8 Å². The van der Waals surface area contributed by atoms with Crippen LogP contribution in [0.5, 0.6) is 5.75 Å². The lowest BCUT2D eigenvalue weighted by Gasteiger charge is -2.12. The van der Waals surface area contributed by atoms with Crippen molar-refractivity contribution in [3.8, 4) is 5.75 Å². The van der Waals surface area contributed by atoms with Crippen LogP contribution in [0.25, 0.3) is 10.8 Å². The Morgan fingerprint density at radius 1 is 1.16 bits per heavy atom. The van der Waals surface area contributed by atoms with Gasteiger partial charge in [-0.2, -0.15) is 0 Å². The van der Waals surface area contributed by atoms with Crippen LogP contribution in [-0.4, -0.2) is 35.8 Å². The normalized spacial score (nSPS) is 12.3. The first-order chi connectivity index (χ1) is 9.26. The Morgan fingerprint density at radius 2 is 1.89 bits per heavy atom. The second-order valence-electron chi connectivity index (χ2n) is 4.29. The number of aldehydes is 1. The lowest BCUT2D eigenvalue weighted by atomic mass is 10.0. The summed E-state index contributed by atoms with van der Waals surface area (Å²) in [6.45, 7) is 0.0420. The average Bonchev–Trinajstić information content (AvgIpc) is 2.47. The van der Waals surface area contributed by atoms with Gasteiger partial charge in [-0.25, -0.2) is 0 Å². The maximum Gasteiger partial charge on any atom is 0.150 e. The Hall–Kier alpha value is -1.91. The first kappa shape index (κ1) is 13.5. The van der Waals surface area contributed by atoms with Gasteiger partial charge in [-0.3, -0.25) is 4.79 Å². The molecule has 0 radical (unpaired) electrons. The molecule has 100 valence electrons. The predicted octanol–water partition coefficient (Wildman–Crippen LogP) is 1.77. The van der Waals surface area contributed by atoms with Gasteiger partial charge in [-0.1, -0.05) is 24.3 Å². The standard InChI is InChI=1S/C15H16O4/c16-9-11-5-6-15(19-8-7-12(18)10-17)14-4-2-1-3-13(11)14/h1-6,9,12,17-18H,7-8,10H2. The number of hydrogen-bond donors (Lipinski definition) is 2. The molecule has 0 aliphatic rings. The molecule has 4 nitrogen and oxygen atoms in total. The molecule has 0 spiro atoms. The summed E-state index contributed by atoms with van der Waals surface area (Å²) >= 11 is 0. The van der Waals surface area contributed by atoms with Crippen molar-refractivity contribution in [1.29, 1.82) is 0 Å². The Morgan fingerprint density at radius 3 is 2.58 bits per heavy atom. The molecule has 2 rings (SSSR count). The summed E-state index contributed by atoms with van der Waals surface area (Å²) in [6.07, 6.45) is 0.419. The van der Waals surface area contributed by atoms with Crippen LogP contribution in [0.3, 0.4) is 0 Å². The highest BCUT2D eigenvalue weighted by molar-refractivity contribution is 6.00. The average molecular weight is 260 g/mol. The van der Waals surface area contributed by atoms with E-state index < -0.39 is 6.10 Å². The third-order valence-electron chi connectivity index (χ3n) is 2.96. The van der Waals surface area contributed by atoms with E-state index in [1.54, 1.807) is 12.1 Å². The van der Waals surface area contributed by atoms with Crippen molar-refractivity contribution in [2.75, 3.05) is 13.2 Å². The number of aliphatic hydroxyl groups is 2. The topological polar surface area (TPSA) is 66.8 Å². The van der Waals surface area contributed by atoms with Crippen molar-refractivity contribution >= 4 is 17.1 Å². The highest BCUT2D eigenvalue weighted by Crippen LogP contribution is 2.27. The van der Waals surface area contributed by atoms with Crippen LogP contribution >= 0.6 is 0 Å². The Labute approximate surface area is 111 Å². The molecule has 0 fully saturated rings. The van der Waals surface area contributed by atoms with E-state index in [1.807, 2.05) is 24.3 Å². The quantitative estimate of drug-likeness (QED) is 0.777. The fourth-order valence-electron chi connectivity index (χ4n) is 1.92. The number of benzene rings is 2. The van der Waals surface area contributed by atoms with E-state index in [0.29, 0.717) is 24.3 Å². The van der Waals surface area contributed by atoms with E-state index in [-0.39, 0.29) is 6.61 Å². The molecule has 0 saturated carbocycles. The fourth-order valence-corrected chi connectivity index (χ4v) is 1.92. The first-order valence-electron chi connectivity index (χ1n) is 6.15. The highest BCUT2D eigenvalue weighted by atomic mass is 16.5. The molecule has 0 heterocycles. The van der Waals surface area contributed by atoms with Crippen molar-refractivity contribution in [3.05, 3.63) is 42.0 Å². The molecule has 19 heavy (non-hydrogen) atoms. The number of carbonyl (C=O) groups excluding carboxylic acids is 1. The summed E-state index contributed by atoms with van der Waals surface area (Å²) in [5.41, 5.74) is 0.623. The van der Waals surface area contributed by atoms with Crippen LogP contribution < -0.4 is 4.74 Å². The van der Waals surface area contributed by atoms with E-state index in [4.69, 9.17) is 9.84 Å². The molecule has 0 aromatic heterocycles. The summed E-state index contributed by atoms with van der Waals surface area (Å²) in [5.74, 6) is 0.673. The summed E-state index contributed by atoms with van der Waals surface area (Å²) in [6, 6.07) is 11.0. The summed E-state index contributed by atoms with van der Waals surface area (Å²) in [4.78, 5) is 11.0. The number of fused-ring (bicyclic) bond motifs is 1. The molecule has 2 aromatic carbocycles. The molecule has 0 aliphatic heterocycles. The van der Waals surface area contributed by atoms with Gasteiger partial charge in [0.1, 0.15) is 5.75 Å². The Kier molecular flexibility index (Phi) is 4.49. The minimum atomic E-state index is -0.763. The van der Waals surface area contributed by atoms with Gasteiger partial charge in [-0.05, 0) is 17.5 Å². The van der Waals surface area contributed by atoms with E-state index in [9.17, 15) is 9.90 Å². The van der Waals surface area contributed by atoms with Crippen molar-refractivity contribution in [3.63, 3.8) is 0 Å². The van der Waals surface area contributed by atoms with E-state index in [1.165, 1.54) is 0 Å². The van der Waals surface area contributed by atoms with Crippen LogP contribution in [-0.2, 0) is 0 Å². The van der Waals surface area contributed by atoms with Crippen molar-refractivity contribution in [2.45, 2.75) is 12.5 Å². The van der Waals surface area contributed by atoms with Crippen LogP contribution in [0, 0.1) is 0 Å². The van der Waals surface area contributed by atoms with E-state index in [0.717, 1.165) is 17.1 Å². The lowest BCUT2D eigenvalue weighted by Crippen LogP contribution is -2.15. The molecule has 1 atom stereocenters. The summed E-state index contributed by atoms with van der Waals surface area (Å²) < 4.78 is 5.60. The third-order valence-corrected chi connectivity index (χ3v) is 2.96. The first-order valence-corrected chi connectivity index (χ1v) is 6.15. The molecular formula is C15H16O4. The number of aliphatic hydroxyl groups excluding tert-OH is 2. The molecule has 2 N–H and O–H groups in total. The van der Waals surface area contributed by atoms with Crippen molar-refractivity contribution < 1.29 is 19.7 Å². The van der Waals surface area contributed by atoms with Crippen molar-refractivity contribution in [2.24, 2.45) is 0 Å². The minimum absolute atomic E-state index is 0.270. The SMILES string of the molecule is O=Cc1ccc(OCCC(O)CO)c2ccccc12. The zero-order valence-corrected chi connectivity index (χ0v) is 10.5. The largest absolute Gasteiger partial charge is 0.493 e. The number of carbonyl (C=O) groups is 1. The van der Waals surface area contributed by atoms with Gasteiger partial charge in [0.05, 0.1) is 19.3 Å². The molecule has 0 aliphatic carbocycles. The highest BCUT2D eigenvalue weighted by Gasteiger charge is 2.07. The second kappa shape index (κ2) is 6.31. The van der Waals surface area contributed by atoms with Crippen LogP contribution in [0.15, 0.2) is 36.4 Å². The zero-order chi connectivity index (χ0) is 13.7. The maximum atomic E-state index is 11.0. The Balaban J connectivity index is 2.22. The lowest BCUT2D eigenvalue weighted by molar-refractivity contribution is 0.0756. The smallest absolute Gasteiger partial charge is 0.150 e. The van der Waals surface area contributed by atoms with Crippen LogP contribution in [0.4, 0.5) is 0 Å². The van der Waals surface area contributed by atoms with Crippen LogP contribution in [0.2, 0.25) is 0 Å². The molecule has 0 bridgehead atoms. The number of hydrogen-bond acceptors (Lipinski definition) is 4. The second-order valence-corrected chi connectivity index (χ2v) is 4.29. The van der Waals surface area contributed by atoms with Gasteiger partial charge in [0.2, 0.25) is 0 Å². The van der Waals surface area contributed by atoms with Gasteiger partial charge in [0.25, 0.3) is 0 Å². The summed E-state index contributed by atoms with van der Waals surface area (Å²) in [7, 11) is 0. The number of ether oxygens (including phenoxy) is 1. The molecule has 4 heteroatoms. The maximum absolute atomic E-state index is 11.0. The molecule has 0 amide bonds. The van der Waals surface area contributed by atoms with E-state index in [2.05, 4.69) is 0 Å². The number of rotatable bonds is 6. The van der Waals surface area contributed by atoms with Gasteiger partial charge >= 0.3 is 0 Å². The zero-order valence-electron chi connectivity index (χ0n) is 10.5. The fraction of sp³-hybridized carbons (Fsp3) is 0.267. The van der Waals surface area contributed by atoms with Crippen molar-refractivity contribution in [1.82, 2.24) is 0 Å². The predicted molar refractivity (Wildman–Crippen MR) is 72.5 cm³/mol.